The average molecular weight is 272 g/mol. The lowest BCUT2D eigenvalue weighted by Crippen LogP contribution is -2.24. The van der Waals surface area contributed by atoms with Crippen molar-refractivity contribution in [1.29, 1.82) is 0 Å². The third kappa shape index (κ3) is 3.23. The van der Waals surface area contributed by atoms with E-state index in [1.54, 1.807) is 44.8 Å². The van der Waals surface area contributed by atoms with Gasteiger partial charge < -0.3 is 15.4 Å². The van der Waals surface area contributed by atoms with E-state index >= 15 is 0 Å². The number of anilines is 1. The van der Waals surface area contributed by atoms with Crippen LogP contribution in [0.4, 0.5) is 5.82 Å². The molecule has 2 rings (SSSR count). The van der Waals surface area contributed by atoms with Crippen molar-refractivity contribution in [3.63, 3.8) is 0 Å². The summed E-state index contributed by atoms with van der Waals surface area (Å²) < 4.78 is 4.98. The molecule has 2 N–H and O–H groups in total. The topological polar surface area (TPSA) is 76.1 Å². The summed E-state index contributed by atoms with van der Waals surface area (Å²) in [7, 11) is 3.29. The van der Waals surface area contributed by atoms with E-state index in [0.717, 1.165) is 5.56 Å². The summed E-state index contributed by atoms with van der Waals surface area (Å²) in [5.74, 6) is 0.918. The molecule has 2 aromatic heterocycles. The van der Waals surface area contributed by atoms with Crippen molar-refractivity contribution in [3.05, 3.63) is 47.8 Å². The van der Waals surface area contributed by atoms with E-state index in [1.165, 1.54) is 0 Å². The highest BCUT2D eigenvalue weighted by Gasteiger charge is 2.10. The summed E-state index contributed by atoms with van der Waals surface area (Å²) >= 11 is 0. The Morgan fingerprint density at radius 3 is 2.80 bits per heavy atom. The molecule has 104 valence electrons. The summed E-state index contributed by atoms with van der Waals surface area (Å²) in [5, 5.41) is 5.72. The second kappa shape index (κ2) is 6.51. The zero-order chi connectivity index (χ0) is 14.4. The van der Waals surface area contributed by atoms with Crippen LogP contribution in [-0.4, -0.2) is 30.0 Å². The van der Waals surface area contributed by atoms with Gasteiger partial charge in [-0.25, -0.2) is 9.97 Å². The van der Waals surface area contributed by atoms with Gasteiger partial charge in [-0.15, -0.1) is 0 Å². The Bertz CT molecular complexity index is 584. The maximum Gasteiger partial charge on any atom is 0.255 e. The smallest absolute Gasteiger partial charge is 0.255 e. The van der Waals surface area contributed by atoms with E-state index in [4.69, 9.17) is 4.74 Å². The minimum Gasteiger partial charge on any atom is -0.481 e. The number of amides is 1. The van der Waals surface area contributed by atoms with Crippen molar-refractivity contribution in [3.8, 4) is 5.88 Å². The third-order valence-corrected chi connectivity index (χ3v) is 2.75. The first-order chi connectivity index (χ1) is 9.74. The van der Waals surface area contributed by atoms with Crippen molar-refractivity contribution >= 4 is 11.7 Å². The number of pyridine rings is 2. The minimum atomic E-state index is -0.182. The van der Waals surface area contributed by atoms with Gasteiger partial charge in [-0.3, -0.25) is 4.79 Å². The molecular formula is C14H16N4O2. The van der Waals surface area contributed by atoms with Gasteiger partial charge in [-0.1, -0.05) is 6.07 Å². The molecule has 0 aliphatic heterocycles. The lowest BCUT2D eigenvalue weighted by Gasteiger charge is -2.08. The second-order valence-electron chi connectivity index (χ2n) is 4.04. The third-order valence-electron chi connectivity index (χ3n) is 2.75. The van der Waals surface area contributed by atoms with Crippen LogP contribution in [0.1, 0.15) is 15.9 Å². The summed E-state index contributed by atoms with van der Waals surface area (Å²) in [6.45, 7) is 0.397. The van der Waals surface area contributed by atoms with Gasteiger partial charge in [0.05, 0.1) is 12.7 Å². The number of nitrogens with one attached hydrogen (secondary N) is 2. The van der Waals surface area contributed by atoms with Gasteiger partial charge in [0.2, 0.25) is 5.88 Å². The molecular weight excluding hydrogens is 256 g/mol. The Morgan fingerprint density at radius 1 is 1.30 bits per heavy atom. The van der Waals surface area contributed by atoms with Gasteiger partial charge in [0.15, 0.2) is 0 Å². The minimum absolute atomic E-state index is 0.182. The van der Waals surface area contributed by atoms with E-state index in [2.05, 4.69) is 20.6 Å². The highest BCUT2D eigenvalue weighted by Crippen LogP contribution is 2.11. The van der Waals surface area contributed by atoms with E-state index in [9.17, 15) is 4.79 Å². The Morgan fingerprint density at radius 2 is 2.15 bits per heavy atom. The number of nitrogens with zero attached hydrogens (tertiary/aromatic N) is 2. The first kappa shape index (κ1) is 13.8. The monoisotopic (exact) mass is 272 g/mol. The summed E-state index contributed by atoms with van der Waals surface area (Å²) in [6.07, 6.45) is 3.30. The molecule has 6 nitrogen and oxygen atoms in total. The molecule has 0 aromatic carbocycles. The predicted molar refractivity (Wildman–Crippen MR) is 75.7 cm³/mol. The Hall–Kier alpha value is -2.63. The molecule has 0 aliphatic rings. The summed E-state index contributed by atoms with van der Waals surface area (Å²) in [5.41, 5.74) is 1.41. The van der Waals surface area contributed by atoms with E-state index in [0.29, 0.717) is 23.8 Å². The van der Waals surface area contributed by atoms with Crippen molar-refractivity contribution < 1.29 is 9.53 Å². The molecule has 0 bridgehead atoms. The SMILES string of the molecule is CNc1ncccc1C(=O)NCc1ccc(OC)nc1. The van der Waals surface area contributed by atoms with Crippen molar-refractivity contribution in [2.24, 2.45) is 0 Å². The Kier molecular flexibility index (Phi) is 4.49. The van der Waals surface area contributed by atoms with Gasteiger partial charge >= 0.3 is 0 Å². The van der Waals surface area contributed by atoms with Gasteiger partial charge in [-0.2, -0.15) is 0 Å². The number of carbonyl (C=O) groups is 1. The maximum absolute atomic E-state index is 12.1. The lowest BCUT2D eigenvalue weighted by molar-refractivity contribution is 0.0951. The molecule has 0 atom stereocenters. The van der Waals surface area contributed by atoms with Crippen LogP contribution in [-0.2, 0) is 6.54 Å². The van der Waals surface area contributed by atoms with Crippen LogP contribution in [0.3, 0.4) is 0 Å². The number of carbonyl (C=O) groups excluding carboxylic acids is 1. The Balaban J connectivity index is 2.01. The zero-order valence-corrected chi connectivity index (χ0v) is 11.4. The number of hydrogen-bond donors (Lipinski definition) is 2. The predicted octanol–water partition coefficient (Wildman–Crippen LogP) is 1.46. The molecule has 0 aliphatic carbocycles. The Labute approximate surface area is 117 Å². The second-order valence-corrected chi connectivity index (χ2v) is 4.04. The molecule has 0 unspecified atom stereocenters. The van der Waals surface area contributed by atoms with Crippen LogP contribution >= 0.6 is 0 Å². The first-order valence-corrected chi connectivity index (χ1v) is 6.14. The zero-order valence-electron chi connectivity index (χ0n) is 11.4. The maximum atomic E-state index is 12.1. The largest absolute Gasteiger partial charge is 0.481 e. The first-order valence-electron chi connectivity index (χ1n) is 6.14. The highest BCUT2D eigenvalue weighted by atomic mass is 16.5. The molecule has 2 aromatic rings. The van der Waals surface area contributed by atoms with Crippen molar-refractivity contribution in [2.75, 3.05) is 19.5 Å². The standard InChI is InChI=1S/C14H16N4O2/c1-15-13-11(4-3-7-16-13)14(19)18-9-10-5-6-12(20-2)17-8-10/h3-8H,9H2,1-2H3,(H,15,16)(H,18,19). The van der Waals surface area contributed by atoms with Crippen LogP contribution in [0, 0.1) is 0 Å². The molecule has 20 heavy (non-hydrogen) atoms. The van der Waals surface area contributed by atoms with Crippen LogP contribution < -0.4 is 15.4 Å². The van der Waals surface area contributed by atoms with Crippen LogP contribution in [0.15, 0.2) is 36.7 Å². The average Bonchev–Trinajstić information content (AvgIpc) is 2.53. The van der Waals surface area contributed by atoms with Crippen molar-refractivity contribution in [1.82, 2.24) is 15.3 Å². The molecule has 1 amide bonds. The fraction of sp³-hybridized carbons (Fsp3) is 0.214. The summed E-state index contributed by atoms with van der Waals surface area (Å²) in [4.78, 5) is 20.3. The van der Waals surface area contributed by atoms with Crippen LogP contribution in [0.5, 0.6) is 5.88 Å². The van der Waals surface area contributed by atoms with E-state index < -0.39 is 0 Å². The van der Waals surface area contributed by atoms with E-state index in [-0.39, 0.29) is 5.91 Å². The molecule has 0 radical (unpaired) electrons. The molecule has 0 spiro atoms. The molecule has 0 saturated heterocycles. The quantitative estimate of drug-likeness (QED) is 0.861. The van der Waals surface area contributed by atoms with Gasteiger partial charge in [-0.05, 0) is 17.7 Å². The normalized spacial score (nSPS) is 9.90. The summed E-state index contributed by atoms with van der Waals surface area (Å²) in [6, 6.07) is 7.06. The highest BCUT2D eigenvalue weighted by molar-refractivity contribution is 5.98. The fourth-order valence-corrected chi connectivity index (χ4v) is 1.70. The molecule has 2 heterocycles. The molecule has 6 heteroatoms. The fourth-order valence-electron chi connectivity index (χ4n) is 1.70. The van der Waals surface area contributed by atoms with Gasteiger partial charge in [0, 0.05) is 32.1 Å². The van der Waals surface area contributed by atoms with Gasteiger partial charge in [0.1, 0.15) is 5.82 Å². The van der Waals surface area contributed by atoms with Gasteiger partial charge in [0.25, 0.3) is 5.91 Å². The number of hydrogen-bond acceptors (Lipinski definition) is 5. The lowest BCUT2D eigenvalue weighted by atomic mass is 10.2. The van der Waals surface area contributed by atoms with E-state index in [1.807, 2.05) is 6.07 Å². The number of ether oxygens (including phenoxy) is 1. The number of aromatic nitrogens is 2. The van der Waals surface area contributed by atoms with Crippen LogP contribution in [0.25, 0.3) is 0 Å². The van der Waals surface area contributed by atoms with Crippen molar-refractivity contribution in [2.45, 2.75) is 6.54 Å². The number of rotatable bonds is 5. The number of methoxy groups -OCH3 is 1. The van der Waals surface area contributed by atoms with Crippen LogP contribution in [0.2, 0.25) is 0 Å². The molecule has 0 saturated carbocycles. The molecule has 0 fully saturated rings.